The van der Waals surface area contributed by atoms with E-state index in [0.717, 1.165) is 0 Å². The molecule has 0 spiro atoms. The van der Waals surface area contributed by atoms with Crippen molar-refractivity contribution in [2.45, 2.75) is 31.7 Å². The van der Waals surface area contributed by atoms with Crippen LogP contribution in [0.15, 0.2) is 46.1 Å². The highest BCUT2D eigenvalue weighted by Gasteiger charge is 2.37. The number of amides is 1. The molecule has 2 N–H and O–H groups in total. The van der Waals surface area contributed by atoms with E-state index in [1.165, 1.54) is 10.8 Å². The van der Waals surface area contributed by atoms with Crippen LogP contribution in [0.25, 0.3) is 0 Å². The van der Waals surface area contributed by atoms with E-state index in [9.17, 15) is 19.2 Å². The zero-order chi connectivity index (χ0) is 19.4. The van der Waals surface area contributed by atoms with E-state index in [0.29, 0.717) is 17.5 Å². The summed E-state index contributed by atoms with van der Waals surface area (Å²) in [5.41, 5.74) is -0.316. The second kappa shape index (κ2) is 8.00. The molecule has 9 nitrogen and oxygen atoms in total. The molecule has 0 aliphatic carbocycles. The zero-order valence-electron chi connectivity index (χ0n) is 14.6. The maximum atomic E-state index is 12.1. The molecular weight excluding hydrogens is 354 g/mol. The van der Waals surface area contributed by atoms with Gasteiger partial charge in [-0.25, -0.2) is 9.59 Å². The molecular formula is C18H19N3O6. The number of esters is 1. The standard InChI is InChI=1S/C18H19N3O6/c1-11-8-21(18(25)20-16(11)23)15-7-13(19-10-22)14(27-15)9-26-17(24)12-5-3-2-4-6-12/h2-6,8,10,13-15H,7,9H2,1H3,(H,19,22)(H,20,23,25)/t13-,14+,15+/m0/s1. The van der Waals surface area contributed by atoms with Crippen LogP contribution in [0.5, 0.6) is 0 Å². The number of nitrogens with one attached hydrogen (secondary N) is 2. The molecule has 2 heterocycles. The van der Waals surface area contributed by atoms with Crippen molar-refractivity contribution in [1.29, 1.82) is 0 Å². The Kier molecular flexibility index (Phi) is 5.51. The maximum Gasteiger partial charge on any atom is 0.338 e. The third-order valence-electron chi connectivity index (χ3n) is 4.36. The molecule has 2 aromatic rings. The Hall–Kier alpha value is -3.20. The van der Waals surface area contributed by atoms with Crippen molar-refractivity contribution in [3.8, 4) is 0 Å². The number of benzene rings is 1. The summed E-state index contributed by atoms with van der Waals surface area (Å²) in [5.74, 6) is -0.510. The number of hydrogen-bond acceptors (Lipinski definition) is 6. The Labute approximate surface area is 153 Å². The highest BCUT2D eigenvalue weighted by atomic mass is 16.6. The van der Waals surface area contributed by atoms with Gasteiger partial charge in [-0.05, 0) is 19.1 Å². The Bertz CT molecular complexity index is 936. The molecule has 1 aromatic heterocycles. The van der Waals surface area contributed by atoms with Gasteiger partial charge in [0.2, 0.25) is 6.41 Å². The van der Waals surface area contributed by atoms with Crippen molar-refractivity contribution in [2.75, 3.05) is 6.61 Å². The number of aromatic nitrogens is 2. The molecule has 9 heteroatoms. The van der Waals surface area contributed by atoms with Crippen molar-refractivity contribution in [3.05, 3.63) is 68.5 Å². The van der Waals surface area contributed by atoms with Crippen molar-refractivity contribution >= 4 is 12.4 Å². The van der Waals surface area contributed by atoms with E-state index in [1.54, 1.807) is 37.3 Å². The minimum Gasteiger partial charge on any atom is -0.459 e. The van der Waals surface area contributed by atoms with E-state index >= 15 is 0 Å². The average Bonchev–Trinajstić information content (AvgIpc) is 3.06. The van der Waals surface area contributed by atoms with E-state index < -0.39 is 35.6 Å². The number of nitrogens with zero attached hydrogens (tertiary/aromatic N) is 1. The highest BCUT2D eigenvalue weighted by Crippen LogP contribution is 2.28. The van der Waals surface area contributed by atoms with E-state index in [2.05, 4.69) is 10.3 Å². The lowest BCUT2D eigenvalue weighted by Gasteiger charge is -2.18. The van der Waals surface area contributed by atoms with Crippen LogP contribution in [0, 0.1) is 6.92 Å². The van der Waals surface area contributed by atoms with Crippen LogP contribution < -0.4 is 16.6 Å². The molecule has 1 saturated heterocycles. The minimum absolute atomic E-state index is 0.0905. The first kappa shape index (κ1) is 18.6. The van der Waals surface area contributed by atoms with Crippen LogP contribution in [-0.2, 0) is 14.3 Å². The fourth-order valence-corrected chi connectivity index (χ4v) is 2.93. The summed E-state index contributed by atoms with van der Waals surface area (Å²) in [7, 11) is 0. The average molecular weight is 373 g/mol. The summed E-state index contributed by atoms with van der Waals surface area (Å²) in [6.45, 7) is 1.48. The summed E-state index contributed by atoms with van der Waals surface area (Å²) in [6.07, 6.45) is 0.890. The van der Waals surface area contributed by atoms with Crippen LogP contribution in [-0.4, -0.2) is 40.7 Å². The van der Waals surface area contributed by atoms with E-state index in [-0.39, 0.29) is 13.0 Å². The van der Waals surface area contributed by atoms with Crippen molar-refractivity contribution in [2.24, 2.45) is 0 Å². The Balaban J connectivity index is 1.72. The van der Waals surface area contributed by atoms with Crippen LogP contribution >= 0.6 is 0 Å². The first-order valence-electron chi connectivity index (χ1n) is 8.39. The van der Waals surface area contributed by atoms with Crippen molar-refractivity contribution < 1.29 is 19.1 Å². The smallest absolute Gasteiger partial charge is 0.338 e. The van der Waals surface area contributed by atoms with Gasteiger partial charge in [0, 0.05) is 18.2 Å². The molecule has 27 heavy (non-hydrogen) atoms. The predicted molar refractivity (Wildman–Crippen MR) is 94.3 cm³/mol. The lowest BCUT2D eigenvalue weighted by atomic mass is 10.1. The van der Waals surface area contributed by atoms with E-state index in [4.69, 9.17) is 9.47 Å². The molecule has 142 valence electrons. The molecule has 1 aromatic carbocycles. The van der Waals surface area contributed by atoms with Gasteiger partial charge < -0.3 is 14.8 Å². The predicted octanol–water partition coefficient (Wildman–Crippen LogP) is 0.104. The molecule has 1 aliphatic rings. The maximum absolute atomic E-state index is 12.1. The molecule has 3 atom stereocenters. The Morgan fingerprint density at radius 1 is 1.37 bits per heavy atom. The number of rotatable bonds is 6. The molecule has 1 aliphatic heterocycles. The number of hydrogen-bond donors (Lipinski definition) is 2. The number of aryl methyl sites for hydroxylation is 1. The van der Waals surface area contributed by atoms with Gasteiger partial charge in [-0.2, -0.15) is 0 Å². The fourth-order valence-electron chi connectivity index (χ4n) is 2.93. The molecule has 0 unspecified atom stereocenters. The SMILES string of the molecule is Cc1cn([C@H]2C[C@H](NC=O)[C@@H](COC(=O)c3ccccc3)O2)c(=O)[nH]c1=O. The van der Waals surface area contributed by atoms with Gasteiger partial charge in [0.15, 0.2) is 0 Å². The molecule has 1 amide bonds. The summed E-state index contributed by atoms with van der Waals surface area (Å²) in [6, 6.07) is 8.04. The van der Waals surface area contributed by atoms with Gasteiger partial charge in [-0.15, -0.1) is 0 Å². The van der Waals surface area contributed by atoms with Crippen molar-refractivity contribution in [1.82, 2.24) is 14.9 Å². The van der Waals surface area contributed by atoms with Crippen LogP contribution in [0.4, 0.5) is 0 Å². The number of H-pyrrole nitrogens is 1. The second-order valence-corrected chi connectivity index (χ2v) is 6.20. The normalized spacial score (nSPS) is 21.6. The highest BCUT2D eigenvalue weighted by molar-refractivity contribution is 5.89. The number of carbonyl (C=O) groups excluding carboxylic acids is 2. The lowest BCUT2D eigenvalue weighted by molar-refractivity contribution is -0.110. The second-order valence-electron chi connectivity index (χ2n) is 6.20. The third kappa shape index (κ3) is 4.14. The van der Waals surface area contributed by atoms with Gasteiger partial charge in [-0.1, -0.05) is 18.2 Å². The summed E-state index contributed by atoms with van der Waals surface area (Å²) in [4.78, 5) is 48.8. The molecule has 0 radical (unpaired) electrons. The zero-order valence-corrected chi connectivity index (χ0v) is 14.6. The third-order valence-corrected chi connectivity index (χ3v) is 4.36. The quantitative estimate of drug-likeness (QED) is 0.548. The van der Waals surface area contributed by atoms with Gasteiger partial charge >= 0.3 is 11.7 Å². The van der Waals surface area contributed by atoms with Gasteiger partial charge in [-0.3, -0.25) is 19.1 Å². The topological polar surface area (TPSA) is 119 Å². The van der Waals surface area contributed by atoms with Crippen LogP contribution in [0.3, 0.4) is 0 Å². The van der Waals surface area contributed by atoms with Gasteiger partial charge in [0.1, 0.15) is 18.9 Å². The molecule has 0 saturated carbocycles. The fraction of sp³-hybridized carbons (Fsp3) is 0.333. The van der Waals surface area contributed by atoms with Crippen LogP contribution in [0.1, 0.15) is 28.6 Å². The summed E-state index contributed by atoms with van der Waals surface area (Å²) in [5, 5.41) is 2.62. The van der Waals surface area contributed by atoms with Gasteiger partial charge in [0.25, 0.3) is 5.56 Å². The monoisotopic (exact) mass is 373 g/mol. The number of carbonyl (C=O) groups is 2. The van der Waals surface area contributed by atoms with Gasteiger partial charge in [0.05, 0.1) is 11.6 Å². The first-order valence-corrected chi connectivity index (χ1v) is 8.39. The van der Waals surface area contributed by atoms with Crippen LogP contribution in [0.2, 0.25) is 0 Å². The summed E-state index contributed by atoms with van der Waals surface area (Å²) < 4.78 is 12.4. The molecule has 3 rings (SSSR count). The molecule has 0 bridgehead atoms. The number of aromatic amines is 1. The number of ether oxygens (including phenoxy) is 2. The Morgan fingerprint density at radius 3 is 2.81 bits per heavy atom. The lowest BCUT2D eigenvalue weighted by Crippen LogP contribution is -2.38. The minimum atomic E-state index is -0.703. The largest absolute Gasteiger partial charge is 0.459 e. The van der Waals surface area contributed by atoms with E-state index in [1.807, 2.05) is 0 Å². The Morgan fingerprint density at radius 2 is 2.11 bits per heavy atom. The first-order chi connectivity index (χ1) is 13.0. The molecule has 1 fully saturated rings. The van der Waals surface area contributed by atoms with Crippen molar-refractivity contribution in [3.63, 3.8) is 0 Å². The summed E-state index contributed by atoms with van der Waals surface area (Å²) >= 11 is 0.